The van der Waals surface area contributed by atoms with Crippen molar-refractivity contribution in [2.45, 2.75) is 45.0 Å². The molecule has 0 aromatic heterocycles. The summed E-state index contributed by atoms with van der Waals surface area (Å²) < 4.78 is 6.36. The first-order valence-electron chi connectivity index (χ1n) is 10.8. The Bertz CT molecular complexity index is 919. The SMILES string of the molecule is CCC(CC)(Pc1ccccc1CN(C)C)c1ccccc1OCc1ccccc1. The van der Waals surface area contributed by atoms with Gasteiger partial charge in [-0.25, -0.2) is 0 Å². The highest BCUT2D eigenvalue weighted by molar-refractivity contribution is 7.48. The van der Waals surface area contributed by atoms with Crippen LogP contribution < -0.4 is 10.0 Å². The first-order chi connectivity index (χ1) is 14.6. The van der Waals surface area contributed by atoms with Gasteiger partial charge in [-0.3, -0.25) is 0 Å². The molecule has 2 nitrogen and oxygen atoms in total. The molecule has 0 aliphatic rings. The predicted octanol–water partition coefficient (Wildman–Crippen LogP) is 6.35. The Morgan fingerprint density at radius 3 is 2.13 bits per heavy atom. The van der Waals surface area contributed by atoms with Crippen molar-refractivity contribution in [2.75, 3.05) is 14.1 Å². The van der Waals surface area contributed by atoms with Gasteiger partial charge in [0.25, 0.3) is 0 Å². The van der Waals surface area contributed by atoms with Crippen molar-refractivity contribution < 1.29 is 4.74 Å². The molecule has 1 unspecified atom stereocenters. The van der Waals surface area contributed by atoms with Gasteiger partial charge < -0.3 is 9.64 Å². The normalized spacial score (nSPS) is 12.0. The van der Waals surface area contributed by atoms with Crippen LogP contribution in [0.15, 0.2) is 78.9 Å². The van der Waals surface area contributed by atoms with Crippen LogP contribution in [-0.4, -0.2) is 19.0 Å². The number of hydrogen-bond acceptors (Lipinski definition) is 2. The summed E-state index contributed by atoms with van der Waals surface area (Å²) in [5.41, 5.74) is 3.96. The lowest BCUT2D eigenvalue weighted by molar-refractivity contribution is 0.298. The van der Waals surface area contributed by atoms with E-state index in [1.807, 2.05) is 6.07 Å². The Balaban J connectivity index is 1.93. The monoisotopic (exact) mass is 419 g/mol. The number of nitrogens with zero attached hydrogens (tertiary/aromatic N) is 1. The molecule has 0 saturated heterocycles. The van der Waals surface area contributed by atoms with E-state index < -0.39 is 0 Å². The Kier molecular flexibility index (Phi) is 8.08. The Morgan fingerprint density at radius 2 is 1.43 bits per heavy atom. The third kappa shape index (κ3) is 5.50. The van der Waals surface area contributed by atoms with Crippen molar-refractivity contribution in [1.29, 1.82) is 0 Å². The Labute approximate surface area is 184 Å². The Hall–Kier alpha value is -2.15. The van der Waals surface area contributed by atoms with Crippen LogP contribution in [0.25, 0.3) is 0 Å². The molecule has 30 heavy (non-hydrogen) atoms. The summed E-state index contributed by atoms with van der Waals surface area (Å²) in [6.45, 7) is 6.21. The molecule has 3 aromatic rings. The fourth-order valence-electron chi connectivity index (χ4n) is 3.98. The first kappa shape index (κ1) is 22.5. The topological polar surface area (TPSA) is 12.5 Å². The van der Waals surface area contributed by atoms with Crippen LogP contribution in [0.2, 0.25) is 0 Å². The summed E-state index contributed by atoms with van der Waals surface area (Å²) in [6.07, 6.45) is 2.17. The lowest BCUT2D eigenvalue weighted by Crippen LogP contribution is -2.25. The van der Waals surface area contributed by atoms with E-state index >= 15 is 0 Å². The second-order valence-electron chi connectivity index (χ2n) is 8.08. The van der Waals surface area contributed by atoms with Crippen LogP contribution in [0.3, 0.4) is 0 Å². The van der Waals surface area contributed by atoms with Crippen LogP contribution in [0.1, 0.15) is 43.4 Å². The lowest BCUT2D eigenvalue weighted by Gasteiger charge is -2.35. The smallest absolute Gasteiger partial charge is 0.123 e. The highest BCUT2D eigenvalue weighted by atomic mass is 31.1. The van der Waals surface area contributed by atoms with Crippen LogP contribution in [-0.2, 0) is 18.3 Å². The van der Waals surface area contributed by atoms with E-state index in [-0.39, 0.29) is 5.16 Å². The number of hydrogen-bond donors (Lipinski definition) is 0. The number of para-hydroxylation sites is 1. The van der Waals surface area contributed by atoms with Gasteiger partial charge in [-0.05, 0) is 49.4 Å². The van der Waals surface area contributed by atoms with E-state index in [9.17, 15) is 0 Å². The van der Waals surface area contributed by atoms with Crippen LogP contribution in [0.5, 0.6) is 5.75 Å². The molecule has 1 atom stereocenters. The summed E-state index contributed by atoms with van der Waals surface area (Å²) in [5, 5.41) is 1.54. The van der Waals surface area contributed by atoms with Gasteiger partial charge in [0.2, 0.25) is 0 Å². The van der Waals surface area contributed by atoms with Crippen molar-refractivity contribution in [3.63, 3.8) is 0 Å². The zero-order valence-electron chi connectivity index (χ0n) is 18.7. The maximum Gasteiger partial charge on any atom is 0.123 e. The van der Waals surface area contributed by atoms with Gasteiger partial charge in [-0.2, -0.15) is 0 Å². The van der Waals surface area contributed by atoms with Gasteiger partial charge in [0.05, 0.1) is 0 Å². The molecule has 0 N–H and O–H groups in total. The minimum Gasteiger partial charge on any atom is -0.489 e. The zero-order valence-corrected chi connectivity index (χ0v) is 19.7. The van der Waals surface area contributed by atoms with Crippen molar-refractivity contribution in [3.05, 3.63) is 95.6 Å². The average Bonchev–Trinajstić information content (AvgIpc) is 2.78. The third-order valence-corrected chi connectivity index (χ3v) is 7.94. The average molecular weight is 420 g/mol. The zero-order chi connectivity index (χ0) is 21.4. The minimum absolute atomic E-state index is 0.0791. The third-order valence-electron chi connectivity index (χ3n) is 5.72. The maximum absolute atomic E-state index is 6.36. The summed E-state index contributed by atoms with van der Waals surface area (Å²) in [7, 11) is 4.98. The van der Waals surface area contributed by atoms with Gasteiger partial charge in [0, 0.05) is 17.3 Å². The largest absolute Gasteiger partial charge is 0.489 e. The van der Waals surface area contributed by atoms with Gasteiger partial charge in [-0.1, -0.05) is 95.2 Å². The first-order valence-corrected chi connectivity index (χ1v) is 11.8. The molecule has 0 spiro atoms. The van der Waals surface area contributed by atoms with E-state index in [0.717, 1.165) is 25.1 Å². The van der Waals surface area contributed by atoms with Crippen LogP contribution in [0, 0.1) is 0 Å². The fourth-order valence-corrected chi connectivity index (χ4v) is 5.69. The number of benzene rings is 3. The standard InChI is InChI=1S/C27H34NOP/c1-5-27(6-2,30-26-19-13-10-16-23(26)20-28(3)4)24-17-11-12-18-25(24)29-21-22-14-8-7-9-15-22/h7-19,30H,5-6,20-21H2,1-4H3. The molecule has 0 saturated carbocycles. The van der Waals surface area contributed by atoms with Gasteiger partial charge in [0.15, 0.2) is 0 Å². The lowest BCUT2D eigenvalue weighted by atomic mass is 9.92. The molecular weight excluding hydrogens is 385 g/mol. The maximum atomic E-state index is 6.36. The number of ether oxygens (including phenoxy) is 1. The van der Waals surface area contributed by atoms with Gasteiger partial charge in [-0.15, -0.1) is 0 Å². The second-order valence-corrected chi connectivity index (χ2v) is 9.83. The summed E-state index contributed by atoms with van der Waals surface area (Å²) >= 11 is 0. The van der Waals surface area contributed by atoms with Crippen LogP contribution >= 0.6 is 8.58 Å². The van der Waals surface area contributed by atoms with Crippen molar-refractivity contribution in [1.82, 2.24) is 4.90 Å². The van der Waals surface area contributed by atoms with Crippen molar-refractivity contribution in [2.24, 2.45) is 0 Å². The van der Waals surface area contributed by atoms with Crippen LogP contribution in [0.4, 0.5) is 0 Å². The highest BCUT2D eigenvalue weighted by Crippen LogP contribution is 2.50. The molecule has 3 heteroatoms. The molecule has 0 bridgehead atoms. The summed E-state index contributed by atoms with van der Waals surface area (Å²) in [4.78, 5) is 2.25. The van der Waals surface area contributed by atoms with E-state index in [2.05, 4.69) is 106 Å². The van der Waals surface area contributed by atoms with Gasteiger partial charge in [0.1, 0.15) is 12.4 Å². The molecular formula is C27H34NOP. The molecule has 3 rings (SSSR count). The van der Waals surface area contributed by atoms with E-state index in [4.69, 9.17) is 4.74 Å². The molecule has 0 aliphatic carbocycles. The molecule has 0 radical (unpaired) electrons. The quantitative estimate of drug-likeness (QED) is 0.355. The van der Waals surface area contributed by atoms with Crippen molar-refractivity contribution in [3.8, 4) is 5.75 Å². The summed E-state index contributed by atoms with van der Waals surface area (Å²) in [6, 6.07) is 28.0. The highest BCUT2D eigenvalue weighted by Gasteiger charge is 2.32. The molecule has 0 heterocycles. The second kappa shape index (κ2) is 10.8. The molecule has 0 aliphatic heterocycles. The van der Waals surface area contributed by atoms with E-state index in [1.165, 1.54) is 22.0 Å². The molecule has 0 amide bonds. The number of rotatable bonds is 10. The van der Waals surface area contributed by atoms with E-state index in [0.29, 0.717) is 15.2 Å². The van der Waals surface area contributed by atoms with Gasteiger partial charge >= 0.3 is 0 Å². The Morgan fingerprint density at radius 1 is 0.800 bits per heavy atom. The molecule has 158 valence electrons. The predicted molar refractivity (Wildman–Crippen MR) is 131 cm³/mol. The van der Waals surface area contributed by atoms with E-state index in [1.54, 1.807) is 0 Å². The molecule has 0 fully saturated rings. The summed E-state index contributed by atoms with van der Waals surface area (Å²) in [5.74, 6) is 1.02. The molecule has 3 aromatic carbocycles. The fraction of sp³-hybridized carbons (Fsp3) is 0.333. The van der Waals surface area contributed by atoms with Crippen molar-refractivity contribution >= 4 is 13.9 Å². The minimum atomic E-state index is 0.0791.